The molecule has 1 saturated carbocycles. The molecule has 0 bridgehead atoms. The molecule has 3 aromatic rings. The number of rotatable bonds is 7. The highest BCUT2D eigenvalue weighted by atomic mass is 35.5. The lowest BCUT2D eigenvalue weighted by molar-refractivity contribution is -0.274. The summed E-state index contributed by atoms with van der Waals surface area (Å²) in [7, 11) is 0. The summed E-state index contributed by atoms with van der Waals surface area (Å²) >= 11 is 6.36. The highest BCUT2D eigenvalue weighted by Crippen LogP contribution is 2.37. The number of carbonyl (C=O) groups is 1. The SMILES string of the molecule is CCOC(=O)c1c(Cl)c(C)nn1C1=CC(N)=Nc2c(c(-c3ccc(OC(F)(F)F)cc3)nn2CC2CC2)CC=N1. The van der Waals surface area contributed by atoms with E-state index in [2.05, 4.69) is 19.8 Å². The topological polar surface area (TPSA) is 122 Å². The minimum Gasteiger partial charge on any atom is -0.461 e. The number of esters is 1. The lowest BCUT2D eigenvalue weighted by atomic mass is 10.1. The average molecular weight is 576 g/mol. The molecule has 1 aliphatic carbocycles. The van der Waals surface area contributed by atoms with Crippen molar-refractivity contribution in [2.45, 2.75) is 46.0 Å². The first-order valence-corrected chi connectivity index (χ1v) is 12.9. The third-order valence-corrected chi connectivity index (χ3v) is 6.67. The Morgan fingerprint density at radius 3 is 2.58 bits per heavy atom. The van der Waals surface area contributed by atoms with Crippen LogP contribution < -0.4 is 10.5 Å². The maximum absolute atomic E-state index is 12.6. The molecule has 0 spiro atoms. The Morgan fingerprint density at radius 2 is 1.93 bits per heavy atom. The monoisotopic (exact) mass is 575 g/mol. The molecular weight excluding hydrogens is 551 g/mol. The summed E-state index contributed by atoms with van der Waals surface area (Å²) < 4.78 is 50.1. The number of carbonyl (C=O) groups excluding carboxylic acids is 1. The van der Waals surface area contributed by atoms with Crippen LogP contribution >= 0.6 is 11.6 Å². The van der Waals surface area contributed by atoms with Gasteiger partial charge in [0, 0.05) is 36.4 Å². The molecule has 14 heteroatoms. The maximum atomic E-state index is 12.6. The van der Waals surface area contributed by atoms with Crippen LogP contribution in [0.3, 0.4) is 0 Å². The number of alkyl halides is 3. The van der Waals surface area contributed by atoms with Crippen molar-refractivity contribution >= 4 is 41.3 Å². The Balaban J connectivity index is 1.56. The van der Waals surface area contributed by atoms with E-state index in [9.17, 15) is 18.0 Å². The molecule has 10 nitrogen and oxygen atoms in total. The average Bonchev–Trinajstić information content (AvgIpc) is 3.55. The second-order valence-electron chi connectivity index (χ2n) is 9.28. The van der Waals surface area contributed by atoms with E-state index in [-0.39, 0.29) is 41.2 Å². The highest BCUT2D eigenvalue weighted by molar-refractivity contribution is 6.34. The van der Waals surface area contributed by atoms with Crippen LogP contribution in [0.4, 0.5) is 19.0 Å². The third kappa shape index (κ3) is 5.88. The van der Waals surface area contributed by atoms with Crippen LogP contribution in [-0.4, -0.2) is 50.5 Å². The molecule has 1 aliphatic heterocycles. The van der Waals surface area contributed by atoms with Crippen molar-refractivity contribution in [1.82, 2.24) is 19.6 Å². The molecule has 5 rings (SSSR count). The summed E-state index contributed by atoms with van der Waals surface area (Å²) in [6.07, 6.45) is 0.662. The Bertz CT molecular complexity index is 1530. The van der Waals surface area contributed by atoms with E-state index in [1.807, 2.05) is 0 Å². The van der Waals surface area contributed by atoms with Gasteiger partial charge in [-0.2, -0.15) is 10.2 Å². The molecule has 40 heavy (non-hydrogen) atoms. The van der Waals surface area contributed by atoms with Crippen molar-refractivity contribution in [3.63, 3.8) is 0 Å². The van der Waals surface area contributed by atoms with E-state index in [0.717, 1.165) is 12.8 Å². The van der Waals surface area contributed by atoms with Crippen LogP contribution in [0.1, 0.15) is 41.5 Å². The Hall–Kier alpha value is -4.13. The Kier molecular flexibility index (Phi) is 7.41. The van der Waals surface area contributed by atoms with Crippen LogP contribution in [0.5, 0.6) is 5.75 Å². The first-order valence-electron chi connectivity index (χ1n) is 12.5. The molecule has 0 atom stereocenters. The predicted octanol–water partition coefficient (Wildman–Crippen LogP) is 5.31. The van der Waals surface area contributed by atoms with Crippen LogP contribution in [-0.2, 0) is 17.7 Å². The van der Waals surface area contributed by atoms with E-state index >= 15 is 0 Å². The second kappa shape index (κ2) is 10.8. The molecule has 0 amide bonds. The van der Waals surface area contributed by atoms with E-state index in [4.69, 9.17) is 27.2 Å². The predicted molar refractivity (Wildman–Crippen MR) is 143 cm³/mol. The normalized spacial score (nSPS) is 15.4. The second-order valence-corrected chi connectivity index (χ2v) is 9.66. The molecule has 1 aromatic carbocycles. The number of aryl methyl sites for hydroxylation is 1. The van der Waals surface area contributed by atoms with Gasteiger partial charge in [0.25, 0.3) is 0 Å². The number of nitrogens with zero attached hydrogens (tertiary/aromatic N) is 6. The van der Waals surface area contributed by atoms with Gasteiger partial charge < -0.3 is 15.2 Å². The molecule has 210 valence electrons. The highest BCUT2D eigenvalue weighted by Gasteiger charge is 2.31. The summed E-state index contributed by atoms with van der Waals surface area (Å²) in [5.41, 5.74) is 8.54. The van der Waals surface area contributed by atoms with Crippen molar-refractivity contribution in [1.29, 1.82) is 0 Å². The van der Waals surface area contributed by atoms with Gasteiger partial charge in [0.15, 0.2) is 17.3 Å². The zero-order chi connectivity index (χ0) is 28.6. The number of aromatic nitrogens is 4. The van der Waals surface area contributed by atoms with Crippen molar-refractivity contribution in [3.8, 4) is 17.0 Å². The van der Waals surface area contributed by atoms with Gasteiger partial charge in [-0.3, -0.25) is 0 Å². The number of amidine groups is 1. The Morgan fingerprint density at radius 1 is 1.20 bits per heavy atom. The van der Waals surface area contributed by atoms with E-state index < -0.39 is 12.3 Å². The molecule has 0 unspecified atom stereocenters. The number of hydrogen-bond donors (Lipinski definition) is 1. The molecule has 1 fully saturated rings. The van der Waals surface area contributed by atoms with Gasteiger partial charge >= 0.3 is 12.3 Å². The van der Waals surface area contributed by atoms with E-state index in [1.54, 1.807) is 24.7 Å². The lowest BCUT2D eigenvalue weighted by Crippen LogP contribution is -2.16. The number of nitrogens with two attached hydrogens (primary N) is 1. The van der Waals surface area contributed by atoms with Crippen LogP contribution in [0, 0.1) is 12.8 Å². The third-order valence-electron chi connectivity index (χ3n) is 6.21. The minimum absolute atomic E-state index is 0.00995. The van der Waals surface area contributed by atoms with Crippen LogP contribution in [0.25, 0.3) is 17.1 Å². The largest absolute Gasteiger partial charge is 0.573 e. The lowest BCUT2D eigenvalue weighted by Gasteiger charge is -2.09. The van der Waals surface area contributed by atoms with E-state index in [1.165, 1.54) is 35.0 Å². The van der Waals surface area contributed by atoms with Gasteiger partial charge in [-0.25, -0.2) is 24.1 Å². The molecule has 2 N–H and O–H groups in total. The number of benzene rings is 1. The number of hydrogen-bond acceptors (Lipinski definition) is 8. The fourth-order valence-electron chi connectivity index (χ4n) is 4.24. The van der Waals surface area contributed by atoms with E-state index in [0.29, 0.717) is 40.8 Å². The quantitative estimate of drug-likeness (QED) is 0.381. The molecule has 3 heterocycles. The van der Waals surface area contributed by atoms with Gasteiger partial charge in [-0.15, -0.1) is 13.2 Å². The minimum atomic E-state index is -4.79. The number of aliphatic imine (C=N–C) groups is 2. The van der Waals surface area contributed by atoms with Crippen molar-refractivity contribution < 1.29 is 27.4 Å². The number of fused-ring (bicyclic) bond motifs is 1. The van der Waals surface area contributed by atoms with Crippen molar-refractivity contribution in [2.75, 3.05) is 6.61 Å². The summed E-state index contributed by atoms with van der Waals surface area (Å²) in [6, 6.07) is 5.48. The summed E-state index contributed by atoms with van der Waals surface area (Å²) in [5.74, 6) is 0.233. The summed E-state index contributed by atoms with van der Waals surface area (Å²) in [5, 5.41) is 9.25. The van der Waals surface area contributed by atoms with Gasteiger partial charge in [0.1, 0.15) is 11.6 Å². The molecule has 0 radical (unpaired) electrons. The fraction of sp³-hybridized carbons (Fsp3) is 0.346. The molecule has 2 aromatic heterocycles. The zero-order valence-corrected chi connectivity index (χ0v) is 22.3. The van der Waals surface area contributed by atoms with Crippen molar-refractivity contribution in [2.24, 2.45) is 21.6 Å². The van der Waals surface area contributed by atoms with Gasteiger partial charge in [0.2, 0.25) is 0 Å². The van der Waals surface area contributed by atoms with Crippen LogP contribution in [0.15, 0.2) is 40.3 Å². The van der Waals surface area contributed by atoms with Gasteiger partial charge in [0.05, 0.1) is 23.0 Å². The standard InChI is InChI=1S/C26H25ClF3N7O3/c1-3-39-25(38)23-21(27)14(2)34-37(23)20-12-19(31)33-24-18(10-11-32-20)22(35-36(24)13-15-4-5-15)16-6-8-17(9-7-16)40-26(28,29)30/h6-9,11-12,15H,3-5,10,13H2,1-2H3,(H2,31,33). The number of halogens is 4. The first kappa shape index (κ1) is 27.4. The first-order chi connectivity index (χ1) is 19.0. The molecular formula is C26H25ClF3N7O3. The zero-order valence-electron chi connectivity index (χ0n) is 21.6. The molecule has 2 aliphatic rings. The summed E-state index contributed by atoms with van der Waals surface area (Å²) in [4.78, 5) is 21.8. The van der Waals surface area contributed by atoms with Gasteiger partial charge in [-0.1, -0.05) is 11.6 Å². The number of ether oxygens (including phenoxy) is 2. The summed E-state index contributed by atoms with van der Waals surface area (Å²) in [6.45, 7) is 4.09. The smallest absolute Gasteiger partial charge is 0.461 e. The van der Waals surface area contributed by atoms with Gasteiger partial charge in [-0.05, 0) is 56.9 Å². The molecule has 0 saturated heterocycles. The fourth-order valence-corrected chi connectivity index (χ4v) is 4.44. The van der Waals surface area contributed by atoms with Crippen molar-refractivity contribution in [3.05, 3.63) is 52.3 Å². The van der Waals surface area contributed by atoms with Crippen LogP contribution in [0.2, 0.25) is 5.02 Å². The maximum Gasteiger partial charge on any atom is 0.573 e. The Labute approximate surface area is 231 Å².